The lowest BCUT2D eigenvalue weighted by Crippen LogP contribution is -2.29. The van der Waals surface area contributed by atoms with Crippen molar-refractivity contribution < 1.29 is 9.13 Å². The molecule has 3 aliphatic rings. The Balaban J connectivity index is 1.43. The second kappa shape index (κ2) is 6.91. The summed E-state index contributed by atoms with van der Waals surface area (Å²) in [6, 6.07) is 5.90. The average Bonchev–Trinajstić information content (AvgIpc) is 3.68. The number of nitrogens with one attached hydrogen (secondary N) is 2. The number of imidazole rings is 1. The van der Waals surface area contributed by atoms with Gasteiger partial charge in [0.15, 0.2) is 5.65 Å². The molecule has 2 atom stereocenters. The van der Waals surface area contributed by atoms with E-state index >= 15 is 0 Å². The van der Waals surface area contributed by atoms with Crippen LogP contribution in [-0.4, -0.2) is 52.0 Å². The van der Waals surface area contributed by atoms with Gasteiger partial charge in [-0.15, -0.1) is 0 Å². The van der Waals surface area contributed by atoms with Gasteiger partial charge in [0, 0.05) is 25.1 Å². The number of methoxy groups -OCH3 is 1. The summed E-state index contributed by atoms with van der Waals surface area (Å²) in [5.41, 5.74) is 4.63. The number of fused-ring (bicyclic) bond motifs is 1. The van der Waals surface area contributed by atoms with Crippen LogP contribution >= 0.6 is 0 Å². The molecule has 8 heteroatoms. The topological polar surface area (TPSA) is 76.4 Å². The Labute approximate surface area is 174 Å². The fourth-order valence-electron chi connectivity index (χ4n) is 4.28. The maximum atomic E-state index is 14.1. The first kappa shape index (κ1) is 18.1. The molecule has 1 aliphatic heterocycles. The summed E-state index contributed by atoms with van der Waals surface area (Å²) >= 11 is 0. The monoisotopic (exact) mass is 408 g/mol. The molecule has 3 aromatic rings. The molecule has 2 saturated carbocycles. The van der Waals surface area contributed by atoms with E-state index in [4.69, 9.17) is 14.8 Å². The van der Waals surface area contributed by atoms with Crippen LogP contribution in [0.2, 0.25) is 0 Å². The Hall–Kier alpha value is -2.74. The van der Waals surface area contributed by atoms with Gasteiger partial charge in [-0.05, 0) is 49.3 Å². The number of hydrogen-bond acceptors (Lipinski definition) is 6. The van der Waals surface area contributed by atoms with Crippen LogP contribution in [0.25, 0.3) is 17.0 Å². The molecule has 0 unspecified atom stereocenters. The van der Waals surface area contributed by atoms with Gasteiger partial charge in [-0.25, -0.2) is 18.9 Å². The van der Waals surface area contributed by atoms with Crippen LogP contribution in [0.4, 0.5) is 10.2 Å². The number of nitrogens with zero attached hydrogens (tertiary/aromatic N) is 4. The summed E-state index contributed by atoms with van der Waals surface area (Å²) in [5.74, 6) is 2.53. The smallest absolute Gasteiger partial charge is 0.157 e. The highest BCUT2D eigenvalue weighted by Crippen LogP contribution is 2.44. The molecule has 0 spiro atoms. The molecule has 6 rings (SSSR count). The molecule has 2 N–H and O–H groups in total. The summed E-state index contributed by atoms with van der Waals surface area (Å²) in [6.45, 7) is 0.989. The van der Waals surface area contributed by atoms with Gasteiger partial charge < -0.3 is 15.4 Å². The fourth-order valence-corrected chi connectivity index (χ4v) is 4.28. The lowest BCUT2D eigenvalue weighted by molar-refractivity contribution is 0.342. The molecule has 0 aromatic carbocycles. The van der Waals surface area contributed by atoms with Crippen molar-refractivity contribution in [3.63, 3.8) is 0 Å². The summed E-state index contributed by atoms with van der Waals surface area (Å²) in [7, 11) is 1.68. The van der Waals surface area contributed by atoms with Crippen LogP contribution in [0.5, 0.6) is 5.75 Å². The lowest BCUT2D eigenvalue weighted by atomic mass is 10.1. The van der Waals surface area contributed by atoms with E-state index in [-0.39, 0.29) is 6.04 Å². The van der Waals surface area contributed by atoms with E-state index in [1.165, 1.54) is 18.4 Å². The number of anilines is 1. The van der Waals surface area contributed by atoms with Crippen LogP contribution < -0.4 is 15.4 Å². The zero-order chi connectivity index (χ0) is 20.2. The highest BCUT2D eigenvalue weighted by molar-refractivity contribution is 5.64. The van der Waals surface area contributed by atoms with Gasteiger partial charge in [0.05, 0.1) is 25.0 Å². The summed E-state index contributed by atoms with van der Waals surface area (Å²) in [5, 5.41) is 11.3. The van der Waals surface area contributed by atoms with E-state index in [0.717, 1.165) is 47.1 Å². The minimum absolute atomic E-state index is 0.258. The van der Waals surface area contributed by atoms with Gasteiger partial charge >= 0.3 is 0 Å². The lowest BCUT2D eigenvalue weighted by Gasteiger charge is -2.16. The molecule has 0 amide bonds. The van der Waals surface area contributed by atoms with Crippen molar-refractivity contribution in [2.45, 2.75) is 49.7 Å². The number of ether oxygens (including phenoxy) is 1. The molecular weight excluding hydrogens is 383 g/mol. The normalized spacial score (nSPS) is 23.8. The summed E-state index contributed by atoms with van der Waals surface area (Å²) in [6.07, 6.45) is 5.56. The molecule has 2 aliphatic carbocycles. The maximum absolute atomic E-state index is 14.1. The largest absolute Gasteiger partial charge is 0.495 e. The number of hydrogen-bond donors (Lipinski definition) is 2. The predicted molar refractivity (Wildman–Crippen MR) is 112 cm³/mol. The van der Waals surface area contributed by atoms with Crippen molar-refractivity contribution in [2.75, 3.05) is 25.5 Å². The van der Waals surface area contributed by atoms with Gasteiger partial charge in [0.2, 0.25) is 0 Å². The summed E-state index contributed by atoms with van der Waals surface area (Å²) in [4.78, 5) is 9.38. The first-order chi connectivity index (χ1) is 14.7. The third kappa shape index (κ3) is 3.19. The highest BCUT2D eigenvalue weighted by Gasteiger charge is 2.31. The minimum Gasteiger partial charge on any atom is -0.495 e. The van der Waals surface area contributed by atoms with Gasteiger partial charge in [-0.2, -0.15) is 5.10 Å². The molecule has 30 heavy (non-hydrogen) atoms. The van der Waals surface area contributed by atoms with Gasteiger partial charge in [0.25, 0.3) is 0 Å². The third-order valence-electron chi connectivity index (χ3n) is 6.30. The second-order valence-electron chi connectivity index (χ2n) is 8.66. The number of alkyl halides is 1. The SMILES string of the molecule is COc1cc2ncc(-c3cc(C4CC4)cc(N[C@H]4CNC[C@@H]4F)n3)n2nc1C1CC1. The van der Waals surface area contributed by atoms with E-state index in [2.05, 4.69) is 27.8 Å². The second-order valence-corrected chi connectivity index (χ2v) is 8.66. The van der Waals surface area contributed by atoms with Gasteiger partial charge in [-0.1, -0.05) is 0 Å². The standard InChI is InChI=1S/C22H25FN6O/c1-30-19-8-21-25-11-18(29(21)28-22(19)13-4-5-13)16-6-14(12-2-3-12)7-20(26-16)27-17-10-24-9-15(17)23/h6-8,11-13,15,17,24H,2-5,9-10H2,1H3,(H,26,27)/t15-,17-/m0/s1. The quantitative estimate of drug-likeness (QED) is 0.652. The minimum atomic E-state index is -0.911. The summed E-state index contributed by atoms with van der Waals surface area (Å²) < 4.78 is 21.6. The highest BCUT2D eigenvalue weighted by atomic mass is 19.1. The van der Waals surface area contributed by atoms with E-state index in [1.807, 2.05) is 16.8 Å². The molecule has 4 heterocycles. The van der Waals surface area contributed by atoms with Crippen LogP contribution in [0.3, 0.4) is 0 Å². The molecular formula is C22H25FN6O. The van der Waals surface area contributed by atoms with E-state index in [0.29, 0.717) is 24.9 Å². The molecule has 1 saturated heterocycles. The zero-order valence-electron chi connectivity index (χ0n) is 16.9. The van der Waals surface area contributed by atoms with Crippen molar-refractivity contribution in [1.29, 1.82) is 0 Å². The molecule has 7 nitrogen and oxygen atoms in total. The first-order valence-corrected chi connectivity index (χ1v) is 10.8. The fraction of sp³-hybridized carbons (Fsp3) is 0.500. The number of pyridine rings is 1. The number of rotatable bonds is 6. The van der Waals surface area contributed by atoms with Crippen LogP contribution in [0.1, 0.15) is 48.8 Å². The van der Waals surface area contributed by atoms with Crippen LogP contribution in [0, 0.1) is 0 Å². The maximum Gasteiger partial charge on any atom is 0.157 e. The Kier molecular flexibility index (Phi) is 4.16. The van der Waals surface area contributed by atoms with E-state index in [9.17, 15) is 4.39 Å². The van der Waals surface area contributed by atoms with Crippen molar-refractivity contribution >= 4 is 11.5 Å². The number of aromatic nitrogens is 4. The Morgan fingerprint density at radius 2 is 1.97 bits per heavy atom. The number of halogens is 1. The first-order valence-electron chi connectivity index (χ1n) is 10.8. The Morgan fingerprint density at radius 1 is 1.13 bits per heavy atom. The van der Waals surface area contributed by atoms with Crippen molar-refractivity contribution in [3.05, 3.63) is 35.7 Å². The third-order valence-corrected chi connectivity index (χ3v) is 6.30. The van der Waals surface area contributed by atoms with E-state index in [1.54, 1.807) is 7.11 Å². The molecule has 0 bridgehead atoms. The molecule has 0 radical (unpaired) electrons. The average molecular weight is 408 g/mol. The van der Waals surface area contributed by atoms with Crippen LogP contribution in [-0.2, 0) is 0 Å². The zero-order valence-corrected chi connectivity index (χ0v) is 16.9. The molecule has 3 aromatic heterocycles. The van der Waals surface area contributed by atoms with Crippen molar-refractivity contribution in [2.24, 2.45) is 0 Å². The van der Waals surface area contributed by atoms with Gasteiger partial charge in [0.1, 0.15) is 29.1 Å². The molecule has 3 fully saturated rings. The van der Waals surface area contributed by atoms with Crippen molar-refractivity contribution in [1.82, 2.24) is 24.9 Å². The van der Waals surface area contributed by atoms with E-state index < -0.39 is 6.17 Å². The Bertz CT molecular complexity index is 1110. The molecule has 156 valence electrons. The van der Waals surface area contributed by atoms with Crippen molar-refractivity contribution in [3.8, 4) is 17.1 Å². The van der Waals surface area contributed by atoms with Crippen LogP contribution in [0.15, 0.2) is 24.4 Å². The predicted octanol–water partition coefficient (Wildman–Crippen LogP) is 3.28. The Morgan fingerprint density at radius 3 is 2.67 bits per heavy atom. The van der Waals surface area contributed by atoms with Gasteiger partial charge in [-0.3, -0.25) is 0 Å².